The fourth-order valence-corrected chi connectivity index (χ4v) is 13.3. The third-order valence-corrected chi connectivity index (χ3v) is 13.6. The van der Waals surface area contributed by atoms with Gasteiger partial charge in [-0.15, -0.1) is 0 Å². The first-order chi connectivity index (χ1) is 15.9. The van der Waals surface area contributed by atoms with Crippen LogP contribution >= 0.6 is 15.8 Å². The zero-order valence-corrected chi connectivity index (χ0v) is 20.3. The molecule has 0 amide bonds. The molecular formula is C30H30P2. The first-order valence-corrected chi connectivity index (χ1v) is 14.4. The van der Waals surface area contributed by atoms with Gasteiger partial charge in [-0.1, -0.05) is 141 Å². The minimum absolute atomic E-state index is 0.258. The van der Waals surface area contributed by atoms with Gasteiger partial charge in [0.2, 0.25) is 0 Å². The predicted octanol–water partition coefficient (Wildman–Crippen LogP) is 6.91. The van der Waals surface area contributed by atoms with Crippen molar-refractivity contribution in [1.29, 1.82) is 0 Å². The Bertz CT molecular complexity index is 925. The summed E-state index contributed by atoms with van der Waals surface area (Å²) in [5, 5.41) is 6.09. The lowest BCUT2D eigenvalue weighted by molar-refractivity contribution is 0.483. The lowest BCUT2D eigenvalue weighted by Crippen LogP contribution is -2.40. The number of hydrogen-bond acceptors (Lipinski definition) is 0. The summed E-state index contributed by atoms with van der Waals surface area (Å²) >= 11 is 0. The Kier molecular flexibility index (Phi) is 6.83. The maximum absolute atomic E-state index is 2.39. The minimum Gasteiger partial charge on any atom is -0.0622 e. The molecule has 5 rings (SSSR count). The Labute approximate surface area is 195 Å². The van der Waals surface area contributed by atoms with Gasteiger partial charge in [-0.05, 0) is 49.9 Å². The second kappa shape index (κ2) is 10.1. The lowest BCUT2D eigenvalue weighted by atomic mass is 9.99. The molecule has 0 atom stereocenters. The van der Waals surface area contributed by atoms with E-state index in [4.69, 9.17) is 0 Å². The highest BCUT2D eigenvalue weighted by molar-refractivity contribution is 7.90. The van der Waals surface area contributed by atoms with Crippen LogP contribution in [0.15, 0.2) is 121 Å². The highest BCUT2D eigenvalue weighted by Crippen LogP contribution is 2.70. The van der Waals surface area contributed by atoms with Crippen molar-refractivity contribution in [2.75, 3.05) is 0 Å². The summed E-state index contributed by atoms with van der Waals surface area (Å²) in [4.78, 5) is 0.258. The summed E-state index contributed by atoms with van der Waals surface area (Å²) in [5.74, 6) is 0. The molecule has 4 aromatic rings. The van der Waals surface area contributed by atoms with Gasteiger partial charge in [-0.3, -0.25) is 0 Å². The molecule has 32 heavy (non-hydrogen) atoms. The normalized spacial score (nSPS) is 15.7. The highest BCUT2D eigenvalue weighted by Gasteiger charge is 2.48. The summed E-state index contributed by atoms with van der Waals surface area (Å²) in [6.07, 6.45) is 6.63. The van der Waals surface area contributed by atoms with Crippen molar-refractivity contribution in [3.63, 3.8) is 0 Å². The van der Waals surface area contributed by atoms with E-state index in [0.717, 1.165) is 0 Å². The number of rotatable bonds is 6. The van der Waals surface area contributed by atoms with Crippen LogP contribution in [0.4, 0.5) is 0 Å². The second-order valence-corrected chi connectivity index (χ2v) is 14.0. The van der Waals surface area contributed by atoms with Crippen LogP contribution in [0.25, 0.3) is 0 Å². The molecule has 1 aliphatic carbocycles. The van der Waals surface area contributed by atoms with E-state index in [9.17, 15) is 0 Å². The van der Waals surface area contributed by atoms with Crippen molar-refractivity contribution < 1.29 is 0 Å². The van der Waals surface area contributed by atoms with Crippen molar-refractivity contribution in [2.45, 2.75) is 37.0 Å². The van der Waals surface area contributed by atoms with E-state index in [-0.39, 0.29) is 4.90 Å². The van der Waals surface area contributed by atoms with Gasteiger partial charge in [0.15, 0.2) is 0 Å². The van der Waals surface area contributed by atoms with Gasteiger partial charge in [-0.25, -0.2) is 0 Å². The maximum Gasteiger partial charge on any atom is 0.0267 e. The third kappa shape index (κ3) is 4.32. The van der Waals surface area contributed by atoms with E-state index in [0.29, 0.717) is 0 Å². The van der Waals surface area contributed by atoms with Crippen molar-refractivity contribution in [1.82, 2.24) is 0 Å². The van der Waals surface area contributed by atoms with Crippen LogP contribution in [0.1, 0.15) is 32.1 Å². The average molecular weight is 453 g/mol. The topological polar surface area (TPSA) is 0 Å². The monoisotopic (exact) mass is 452 g/mol. The SMILES string of the molecule is c1ccc(P(c2ccccc2)C2(P(c3ccccc3)c3ccccc3)CCCCC2)cc1. The van der Waals surface area contributed by atoms with Crippen LogP contribution in [-0.2, 0) is 0 Å². The summed E-state index contributed by atoms with van der Waals surface area (Å²) in [7, 11) is -1.02. The van der Waals surface area contributed by atoms with Crippen molar-refractivity contribution in [3.05, 3.63) is 121 Å². The Morgan fingerprint density at radius 1 is 0.375 bits per heavy atom. The lowest BCUT2D eigenvalue weighted by Gasteiger charge is -2.50. The molecule has 0 nitrogen and oxygen atoms in total. The van der Waals surface area contributed by atoms with Crippen LogP contribution in [0.2, 0.25) is 0 Å². The molecule has 0 aromatic heterocycles. The highest BCUT2D eigenvalue weighted by atomic mass is 31.2. The van der Waals surface area contributed by atoms with Gasteiger partial charge in [0.05, 0.1) is 0 Å². The van der Waals surface area contributed by atoms with Crippen LogP contribution < -0.4 is 21.2 Å². The molecule has 0 unspecified atom stereocenters. The van der Waals surface area contributed by atoms with Gasteiger partial charge in [0, 0.05) is 4.90 Å². The number of benzene rings is 4. The predicted molar refractivity (Wildman–Crippen MR) is 144 cm³/mol. The van der Waals surface area contributed by atoms with E-state index < -0.39 is 15.8 Å². The van der Waals surface area contributed by atoms with E-state index >= 15 is 0 Å². The average Bonchev–Trinajstić information content (AvgIpc) is 2.88. The van der Waals surface area contributed by atoms with Crippen LogP contribution in [0.5, 0.6) is 0 Å². The van der Waals surface area contributed by atoms with Crippen molar-refractivity contribution in [2.24, 2.45) is 0 Å². The van der Waals surface area contributed by atoms with E-state index in [1.165, 1.54) is 53.3 Å². The van der Waals surface area contributed by atoms with Crippen LogP contribution in [0.3, 0.4) is 0 Å². The molecular weight excluding hydrogens is 422 g/mol. The summed E-state index contributed by atoms with van der Waals surface area (Å²) in [6.45, 7) is 0. The fourth-order valence-electron chi connectivity index (χ4n) is 5.23. The molecule has 1 aliphatic rings. The maximum atomic E-state index is 2.39. The minimum atomic E-state index is -0.511. The van der Waals surface area contributed by atoms with Gasteiger partial charge in [0.25, 0.3) is 0 Å². The zero-order chi connectivity index (χ0) is 21.6. The van der Waals surface area contributed by atoms with Crippen LogP contribution in [0, 0.1) is 0 Å². The summed E-state index contributed by atoms with van der Waals surface area (Å²) < 4.78 is 0. The van der Waals surface area contributed by atoms with Gasteiger partial charge in [0.1, 0.15) is 0 Å². The third-order valence-electron chi connectivity index (χ3n) is 6.54. The standard InChI is InChI=1S/C30H30P2/c1-6-16-26(17-7-1)31(27-18-8-2-9-19-27)30(24-14-5-15-25-30)32(28-20-10-3-11-21-28)29-22-12-4-13-23-29/h1-4,6-13,16-23H,5,14-15,24-25H2. The molecule has 0 spiro atoms. The Balaban J connectivity index is 1.77. The Morgan fingerprint density at radius 3 is 0.938 bits per heavy atom. The summed E-state index contributed by atoms with van der Waals surface area (Å²) in [6, 6.07) is 45.6. The molecule has 0 radical (unpaired) electrons. The molecule has 0 N–H and O–H groups in total. The quantitative estimate of drug-likeness (QED) is 0.279. The summed E-state index contributed by atoms with van der Waals surface area (Å²) in [5.41, 5.74) is 0. The van der Waals surface area contributed by atoms with E-state index in [1.54, 1.807) is 0 Å². The largest absolute Gasteiger partial charge is 0.0622 e. The van der Waals surface area contributed by atoms with Crippen molar-refractivity contribution >= 4 is 37.1 Å². The Hall–Kier alpha value is -2.26. The second-order valence-electron chi connectivity index (χ2n) is 8.56. The van der Waals surface area contributed by atoms with E-state index in [1.807, 2.05) is 0 Å². The first kappa shape index (κ1) is 21.6. The van der Waals surface area contributed by atoms with Crippen LogP contribution in [-0.4, -0.2) is 4.90 Å². The van der Waals surface area contributed by atoms with E-state index in [2.05, 4.69) is 121 Å². The molecule has 0 heterocycles. The fraction of sp³-hybridized carbons (Fsp3) is 0.200. The van der Waals surface area contributed by atoms with Crippen molar-refractivity contribution in [3.8, 4) is 0 Å². The first-order valence-electron chi connectivity index (χ1n) is 11.7. The molecule has 0 bridgehead atoms. The van der Waals surface area contributed by atoms with Gasteiger partial charge >= 0.3 is 0 Å². The molecule has 1 fully saturated rings. The van der Waals surface area contributed by atoms with Gasteiger partial charge in [-0.2, -0.15) is 0 Å². The molecule has 1 saturated carbocycles. The molecule has 0 aliphatic heterocycles. The number of hydrogen-bond donors (Lipinski definition) is 0. The van der Waals surface area contributed by atoms with Gasteiger partial charge < -0.3 is 0 Å². The Morgan fingerprint density at radius 2 is 0.656 bits per heavy atom. The molecule has 160 valence electrons. The molecule has 0 saturated heterocycles. The zero-order valence-electron chi connectivity index (χ0n) is 18.5. The molecule has 4 aromatic carbocycles. The molecule has 2 heteroatoms. The smallest absolute Gasteiger partial charge is 0.0267 e.